The Morgan fingerprint density at radius 2 is 0.667 bits per heavy atom. The van der Waals surface area contributed by atoms with Crippen molar-refractivity contribution in [2.75, 3.05) is 0 Å². The largest absolute Gasteiger partial charge is 0.507 e. The standard InChI is InChI=1S/C36H30O6/c37-34-25-13-22-7-1-4-10-28(22)31(34)19-41-18-27-15-24-9-3-6-12-30(24)33(36(27)39)21-42-20-32-29-11-5-2-8-23(29)14-26(35(32)38)17-40-16-25/h1-15,37-39H,16-21H2. The van der Waals surface area contributed by atoms with E-state index in [9.17, 15) is 15.3 Å². The third-order valence-corrected chi connectivity index (χ3v) is 8.13. The topological polar surface area (TPSA) is 88.4 Å². The molecule has 1 heterocycles. The summed E-state index contributed by atoms with van der Waals surface area (Å²) >= 11 is 0. The maximum Gasteiger partial charge on any atom is 0.127 e. The molecule has 42 heavy (non-hydrogen) atoms. The van der Waals surface area contributed by atoms with E-state index in [0.717, 1.165) is 32.3 Å². The second-order valence-corrected chi connectivity index (χ2v) is 10.7. The van der Waals surface area contributed by atoms with Crippen LogP contribution in [0.3, 0.4) is 0 Å². The highest BCUT2D eigenvalue weighted by atomic mass is 16.5. The summed E-state index contributed by atoms with van der Waals surface area (Å²) < 4.78 is 18.4. The molecule has 0 unspecified atom stereocenters. The number of ether oxygens (including phenoxy) is 3. The molecule has 0 fully saturated rings. The molecule has 0 aromatic heterocycles. The third-order valence-electron chi connectivity index (χ3n) is 8.13. The highest BCUT2D eigenvalue weighted by molar-refractivity contribution is 5.90. The van der Waals surface area contributed by atoms with Crippen molar-refractivity contribution in [3.05, 3.63) is 124 Å². The van der Waals surface area contributed by atoms with Gasteiger partial charge in [-0.1, -0.05) is 72.8 Å². The summed E-state index contributed by atoms with van der Waals surface area (Å²) in [6, 6.07) is 29.3. The van der Waals surface area contributed by atoms with Gasteiger partial charge < -0.3 is 29.5 Å². The lowest BCUT2D eigenvalue weighted by Crippen LogP contribution is -2.04. The van der Waals surface area contributed by atoms with Crippen LogP contribution < -0.4 is 0 Å². The molecular formula is C36H30O6. The van der Waals surface area contributed by atoms with E-state index in [1.807, 2.05) is 91.0 Å². The summed E-state index contributed by atoms with van der Waals surface area (Å²) in [5.41, 5.74) is 3.87. The summed E-state index contributed by atoms with van der Waals surface area (Å²) in [5.74, 6) is 0.360. The molecule has 6 bridgehead atoms. The van der Waals surface area contributed by atoms with Crippen molar-refractivity contribution in [1.82, 2.24) is 0 Å². The zero-order chi connectivity index (χ0) is 28.6. The molecule has 1 aliphatic rings. The van der Waals surface area contributed by atoms with Gasteiger partial charge in [0.2, 0.25) is 0 Å². The van der Waals surface area contributed by atoms with Crippen LogP contribution in [0.4, 0.5) is 0 Å². The molecule has 6 aromatic carbocycles. The highest BCUT2D eigenvalue weighted by Gasteiger charge is 2.19. The van der Waals surface area contributed by atoms with Crippen LogP contribution in [0.15, 0.2) is 91.0 Å². The van der Waals surface area contributed by atoms with Gasteiger partial charge in [0.15, 0.2) is 0 Å². The van der Waals surface area contributed by atoms with Crippen molar-refractivity contribution in [2.45, 2.75) is 39.6 Å². The average Bonchev–Trinajstić information content (AvgIpc) is 3.01. The van der Waals surface area contributed by atoms with Crippen LogP contribution in [0.5, 0.6) is 17.2 Å². The average molecular weight is 559 g/mol. The van der Waals surface area contributed by atoms with Crippen LogP contribution in [0, 0.1) is 0 Å². The summed E-state index contributed by atoms with van der Waals surface area (Å²) in [5, 5.41) is 39.7. The maximum absolute atomic E-state index is 11.4. The Morgan fingerprint density at radius 1 is 0.381 bits per heavy atom. The summed E-state index contributed by atoms with van der Waals surface area (Å²) in [6.07, 6.45) is 0. The first-order valence-corrected chi connectivity index (χ1v) is 14.0. The molecule has 6 aromatic rings. The first-order chi connectivity index (χ1) is 20.6. The van der Waals surface area contributed by atoms with Gasteiger partial charge in [-0.25, -0.2) is 0 Å². The Morgan fingerprint density at radius 3 is 1.02 bits per heavy atom. The number of hydrogen-bond donors (Lipinski definition) is 3. The van der Waals surface area contributed by atoms with Crippen LogP contribution in [-0.2, 0) is 53.9 Å². The van der Waals surface area contributed by atoms with E-state index in [-0.39, 0.29) is 56.9 Å². The van der Waals surface area contributed by atoms with Gasteiger partial charge in [0.25, 0.3) is 0 Å². The van der Waals surface area contributed by atoms with Gasteiger partial charge in [-0.15, -0.1) is 0 Å². The molecule has 0 spiro atoms. The lowest BCUT2D eigenvalue weighted by molar-refractivity contribution is 0.0944. The quantitative estimate of drug-likeness (QED) is 0.177. The minimum atomic E-state index is 0.119. The Kier molecular flexibility index (Phi) is 6.88. The predicted molar refractivity (Wildman–Crippen MR) is 162 cm³/mol. The summed E-state index contributed by atoms with van der Waals surface area (Å²) in [6.45, 7) is 0.871. The minimum absolute atomic E-state index is 0.119. The van der Waals surface area contributed by atoms with E-state index in [1.165, 1.54) is 0 Å². The van der Waals surface area contributed by atoms with Gasteiger partial charge in [0.1, 0.15) is 17.2 Å². The monoisotopic (exact) mass is 558 g/mol. The predicted octanol–water partition coefficient (Wildman–Crippen LogP) is 7.73. The van der Waals surface area contributed by atoms with Gasteiger partial charge in [0, 0.05) is 33.4 Å². The Balaban J connectivity index is 1.37. The van der Waals surface area contributed by atoms with Crippen LogP contribution in [-0.4, -0.2) is 15.3 Å². The van der Waals surface area contributed by atoms with Crippen molar-refractivity contribution in [3.63, 3.8) is 0 Å². The molecule has 0 aliphatic carbocycles. The highest BCUT2D eigenvalue weighted by Crippen LogP contribution is 2.37. The Labute approximate surface area is 242 Å². The first-order valence-electron chi connectivity index (χ1n) is 14.0. The van der Waals surface area contributed by atoms with Gasteiger partial charge in [-0.3, -0.25) is 0 Å². The lowest BCUT2D eigenvalue weighted by atomic mass is 9.98. The zero-order valence-corrected chi connectivity index (χ0v) is 23.0. The van der Waals surface area contributed by atoms with E-state index < -0.39 is 0 Å². The second-order valence-electron chi connectivity index (χ2n) is 10.7. The number of benzene rings is 6. The zero-order valence-electron chi connectivity index (χ0n) is 23.0. The molecule has 0 saturated carbocycles. The smallest absolute Gasteiger partial charge is 0.127 e. The van der Waals surface area contributed by atoms with Crippen molar-refractivity contribution >= 4 is 32.3 Å². The number of rotatable bonds is 0. The van der Waals surface area contributed by atoms with Crippen molar-refractivity contribution in [3.8, 4) is 17.2 Å². The molecule has 6 nitrogen and oxygen atoms in total. The molecule has 0 saturated heterocycles. The van der Waals surface area contributed by atoms with Crippen LogP contribution in [0.2, 0.25) is 0 Å². The molecule has 0 radical (unpaired) electrons. The summed E-state index contributed by atoms with van der Waals surface area (Å²) in [4.78, 5) is 0. The van der Waals surface area contributed by atoms with Crippen molar-refractivity contribution in [2.24, 2.45) is 0 Å². The molecule has 1 aliphatic heterocycles. The van der Waals surface area contributed by atoms with Crippen LogP contribution >= 0.6 is 0 Å². The molecule has 7 rings (SSSR count). The van der Waals surface area contributed by atoms with E-state index in [2.05, 4.69) is 0 Å². The van der Waals surface area contributed by atoms with Crippen LogP contribution in [0.25, 0.3) is 32.3 Å². The number of aromatic hydroxyl groups is 3. The number of phenols is 3. The molecule has 6 heteroatoms. The SMILES string of the molecule is Oc1c2cc3ccccc3c1COCc1cc3ccccc3c(c1O)COCc1c(O)c(cc3ccccc13)COC2. The third kappa shape index (κ3) is 4.69. The molecule has 0 amide bonds. The minimum Gasteiger partial charge on any atom is -0.507 e. The Hall–Kier alpha value is -4.62. The fourth-order valence-corrected chi connectivity index (χ4v) is 5.98. The van der Waals surface area contributed by atoms with Gasteiger partial charge in [-0.2, -0.15) is 0 Å². The summed E-state index contributed by atoms with van der Waals surface area (Å²) in [7, 11) is 0. The van der Waals surface area contributed by atoms with Gasteiger partial charge in [-0.05, 0) is 50.5 Å². The molecule has 3 N–H and O–H groups in total. The normalized spacial score (nSPS) is 14.6. The fourth-order valence-electron chi connectivity index (χ4n) is 5.98. The lowest BCUT2D eigenvalue weighted by Gasteiger charge is -2.18. The van der Waals surface area contributed by atoms with E-state index in [0.29, 0.717) is 33.4 Å². The van der Waals surface area contributed by atoms with Crippen LogP contribution in [0.1, 0.15) is 33.4 Å². The maximum atomic E-state index is 11.4. The second kappa shape index (κ2) is 11.0. The molecule has 0 atom stereocenters. The number of phenolic OH excluding ortho intramolecular Hbond substituents is 3. The molecular weight excluding hydrogens is 528 g/mol. The number of hydrogen-bond acceptors (Lipinski definition) is 6. The van der Waals surface area contributed by atoms with E-state index in [1.54, 1.807) is 0 Å². The van der Waals surface area contributed by atoms with Crippen molar-refractivity contribution < 1.29 is 29.5 Å². The van der Waals surface area contributed by atoms with E-state index >= 15 is 0 Å². The molecule has 210 valence electrons. The number of fused-ring (bicyclic) bond motifs is 12. The van der Waals surface area contributed by atoms with Gasteiger partial charge >= 0.3 is 0 Å². The van der Waals surface area contributed by atoms with E-state index in [4.69, 9.17) is 14.2 Å². The fraction of sp³-hybridized carbons (Fsp3) is 0.167. The Bertz CT molecular complexity index is 1960. The first kappa shape index (κ1) is 26.3. The van der Waals surface area contributed by atoms with Crippen molar-refractivity contribution in [1.29, 1.82) is 0 Å². The van der Waals surface area contributed by atoms with Gasteiger partial charge in [0.05, 0.1) is 39.6 Å².